The first-order valence-corrected chi connectivity index (χ1v) is 10.1. The quantitative estimate of drug-likeness (QED) is 0.415. The van der Waals surface area contributed by atoms with Gasteiger partial charge in [-0.05, 0) is 79.8 Å². The fraction of sp³-hybridized carbons (Fsp3) is 0.400. The van der Waals surface area contributed by atoms with E-state index in [1.54, 1.807) is 0 Å². The Hall–Kier alpha value is -2.35. The van der Waals surface area contributed by atoms with Gasteiger partial charge in [0.2, 0.25) is 0 Å². The SMILES string of the molecule is CCC(C)CC1CC=C(c2ccc(C(=O)Oc3ccc(C)cc3)cc2)CC1. The molecule has 0 fully saturated rings. The van der Waals surface area contributed by atoms with Gasteiger partial charge in [0.25, 0.3) is 0 Å². The van der Waals surface area contributed by atoms with E-state index in [0.29, 0.717) is 11.3 Å². The Kier molecular flexibility index (Phi) is 6.49. The lowest BCUT2D eigenvalue weighted by molar-refractivity contribution is 0.0734. The molecule has 27 heavy (non-hydrogen) atoms. The second-order valence-electron chi connectivity index (χ2n) is 7.90. The Morgan fingerprint density at radius 3 is 2.41 bits per heavy atom. The maximum atomic E-state index is 12.3. The molecule has 2 nitrogen and oxygen atoms in total. The second-order valence-corrected chi connectivity index (χ2v) is 7.90. The van der Waals surface area contributed by atoms with E-state index in [1.807, 2.05) is 55.5 Å². The lowest BCUT2D eigenvalue weighted by atomic mass is 9.81. The highest BCUT2D eigenvalue weighted by Gasteiger charge is 2.18. The van der Waals surface area contributed by atoms with Crippen LogP contribution in [-0.2, 0) is 0 Å². The Morgan fingerprint density at radius 2 is 1.81 bits per heavy atom. The van der Waals surface area contributed by atoms with Crippen molar-refractivity contribution < 1.29 is 9.53 Å². The highest BCUT2D eigenvalue weighted by Crippen LogP contribution is 2.34. The van der Waals surface area contributed by atoms with E-state index in [-0.39, 0.29) is 5.97 Å². The van der Waals surface area contributed by atoms with Crippen LogP contribution in [0.2, 0.25) is 0 Å². The van der Waals surface area contributed by atoms with Gasteiger partial charge in [0.05, 0.1) is 5.56 Å². The van der Waals surface area contributed by atoms with Crippen LogP contribution in [0.4, 0.5) is 0 Å². The van der Waals surface area contributed by atoms with Crippen molar-refractivity contribution in [2.75, 3.05) is 0 Å². The van der Waals surface area contributed by atoms with Crippen molar-refractivity contribution in [1.29, 1.82) is 0 Å². The van der Waals surface area contributed by atoms with Gasteiger partial charge in [-0.25, -0.2) is 4.79 Å². The molecule has 2 atom stereocenters. The highest BCUT2D eigenvalue weighted by atomic mass is 16.5. The Labute approximate surface area is 163 Å². The average Bonchev–Trinajstić information content (AvgIpc) is 2.70. The molecule has 2 aromatic carbocycles. The lowest BCUT2D eigenvalue weighted by Crippen LogP contribution is -2.10. The third kappa shape index (κ3) is 5.32. The summed E-state index contributed by atoms with van der Waals surface area (Å²) in [6.07, 6.45) is 8.59. The minimum atomic E-state index is -0.309. The molecule has 3 rings (SSSR count). The number of allylic oxidation sites excluding steroid dienone is 2. The van der Waals surface area contributed by atoms with Gasteiger partial charge in [-0.1, -0.05) is 56.2 Å². The van der Waals surface area contributed by atoms with Crippen LogP contribution in [-0.4, -0.2) is 5.97 Å². The number of aryl methyl sites for hydroxylation is 1. The van der Waals surface area contributed by atoms with Crippen LogP contribution in [0.25, 0.3) is 5.57 Å². The summed E-state index contributed by atoms with van der Waals surface area (Å²) in [7, 11) is 0. The monoisotopic (exact) mass is 362 g/mol. The molecule has 0 amide bonds. The lowest BCUT2D eigenvalue weighted by Gasteiger charge is -2.24. The molecule has 0 N–H and O–H groups in total. The van der Waals surface area contributed by atoms with Crippen molar-refractivity contribution in [2.45, 2.75) is 52.9 Å². The molecule has 0 aromatic heterocycles. The molecule has 1 aliphatic rings. The van der Waals surface area contributed by atoms with Crippen LogP contribution in [0, 0.1) is 18.8 Å². The van der Waals surface area contributed by atoms with Crippen LogP contribution >= 0.6 is 0 Å². The molecule has 2 heteroatoms. The number of esters is 1. The normalized spacial score (nSPS) is 17.9. The van der Waals surface area contributed by atoms with Crippen molar-refractivity contribution in [1.82, 2.24) is 0 Å². The summed E-state index contributed by atoms with van der Waals surface area (Å²) in [6.45, 7) is 6.64. The van der Waals surface area contributed by atoms with Crippen molar-refractivity contribution in [2.24, 2.45) is 11.8 Å². The number of rotatable bonds is 6. The van der Waals surface area contributed by atoms with Gasteiger partial charge in [0, 0.05) is 0 Å². The fourth-order valence-corrected chi connectivity index (χ4v) is 3.69. The predicted octanol–water partition coefficient (Wildman–Crippen LogP) is 6.83. The van der Waals surface area contributed by atoms with Crippen molar-refractivity contribution in [3.05, 3.63) is 71.3 Å². The molecule has 2 unspecified atom stereocenters. The van der Waals surface area contributed by atoms with Gasteiger partial charge in [0.15, 0.2) is 0 Å². The van der Waals surface area contributed by atoms with Gasteiger partial charge < -0.3 is 4.74 Å². The number of hydrogen-bond donors (Lipinski definition) is 0. The topological polar surface area (TPSA) is 26.3 Å². The molecule has 0 heterocycles. The summed E-state index contributed by atoms with van der Waals surface area (Å²) in [5.41, 5.74) is 4.37. The molecule has 0 spiro atoms. The van der Waals surface area contributed by atoms with E-state index in [0.717, 1.165) is 23.8 Å². The van der Waals surface area contributed by atoms with Gasteiger partial charge in [-0.2, -0.15) is 0 Å². The average molecular weight is 363 g/mol. The summed E-state index contributed by atoms with van der Waals surface area (Å²) in [6, 6.07) is 15.4. The van der Waals surface area contributed by atoms with E-state index in [1.165, 1.54) is 36.8 Å². The molecule has 0 bridgehead atoms. The molecule has 142 valence electrons. The molecule has 1 aliphatic carbocycles. The molecule has 0 radical (unpaired) electrons. The Morgan fingerprint density at radius 1 is 1.11 bits per heavy atom. The zero-order valence-corrected chi connectivity index (χ0v) is 16.7. The molecule has 0 saturated heterocycles. The van der Waals surface area contributed by atoms with Crippen molar-refractivity contribution in [3.63, 3.8) is 0 Å². The summed E-state index contributed by atoms with van der Waals surface area (Å²) in [5.74, 6) is 1.92. The maximum absolute atomic E-state index is 12.3. The van der Waals surface area contributed by atoms with E-state index >= 15 is 0 Å². The Balaban J connectivity index is 1.60. The number of carbonyl (C=O) groups excluding carboxylic acids is 1. The molecule has 2 aromatic rings. The van der Waals surface area contributed by atoms with E-state index in [4.69, 9.17) is 4.74 Å². The summed E-state index contributed by atoms with van der Waals surface area (Å²) in [4.78, 5) is 12.3. The summed E-state index contributed by atoms with van der Waals surface area (Å²) >= 11 is 0. The van der Waals surface area contributed by atoms with Crippen LogP contribution in [0.5, 0.6) is 5.75 Å². The van der Waals surface area contributed by atoms with E-state index in [2.05, 4.69) is 19.9 Å². The zero-order chi connectivity index (χ0) is 19.2. The fourth-order valence-electron chi connectivity index (χ4n) is 3.69. The summed E-state index contributed by atoms with van der Waals surface area (Å²) in [5, 5.41) is 0. The van der Waals surface area contributed by atoms with Gasteiger partial charge in [0.1, 0.15) is 5.75 Å². The summed E-state index contributed by atoms with van der Waals surface area (Å²) < 4.78 is 5.45. The minimum absolute atomic E-state index is 0.309. The Bertz CT molecular complexity index is 784. The molecular weight excluding hydrogens is 332 g/mol. The first-order chi connectivity index (χ1) is 13.0. The van der Waals surface area contributed by atoms with Gasteiger partial charge in [-0.3, -0.25) is 0 Å². The van der Waals surface area contributed by atoms with Crippen molar-refractivity contribution >= 4 is 11.5 Å². The number of ether oxygens (including phenoxy) is 1. The zero-order valence-electron chi connectivity index (χ0n) is 16.7. The maximum Gasteiger partial charge on any atom is 0.343 e. The van der Waals surface area contributed by atoms with E-state index in [9.17, 15) is 4.79 Å². The number of benzene rings is 2. The van der Waals surface area contributed by atoms with Crippen molar-refractivity contribution in [3.8, 4) is 5.75 Å². The van der Waals surface area contributed by atoms with Crippen LogP contribution in [0.15, 0.2) is 54.6 Å². The highest BCUT2D eigenvalue weighted by molar-refractivity contribution is 5.91. The predicted molar refractivity (Wildman–Crippen MR) is 112 cm³/mol. The van der Waals surface area contributed by atoms with Gasteiger partial charge >= 0.3 is 5.97 Å². The smallest absolute Gasteiger partial charge is 0.343 e. The molecular formula is C25H30O2. The number of hydrogen-bond acceptors (Lipinski definition) is 2. The van der Waals surface area contributed by atoms with E-state index < -0.39 is 0 Å². The third-order valence-corrected chi connectivity index (χ3v) is 5.68. The van der Waals surface area contributed by atoms with Gasteiger partial charge in [-0.15, -0.1) is 0 Å². The largest absolute Gasteiger partial charge is 0.423 e. The molecule has 0 saturated carbocycles. The van der Waals surface area contributed by atoms with Crippen LogP contribution in [0.3, 0.4) is 0 Å². The molecule has 0 aliphatic heterocycles. The van der Waals surface area contributed by atoms with Crippen LogP contribution in [0.1, 0.15) is 67.4 Å². The first-order valence-electron chi connectivity index (χ1n) is 10.1. The first kappa shape index (κ1) is 19.4. The standard InChI is InChI=1S/C25H30O2/c1-4-18(2)17-20-7-9-21(10-8-20)22-11-13-23(14-12-22)25(26)27-24-15-5-19(3)6-16-24/h5-6,9,11-16,18,20H,4,7-8,10,17H2,1-3H3. The second kappa shape index (κ2) is 9.03. The van der Waals surface area contributed by atoms with Crippen LogP contribution < -0.4 is 4.74 Å². The minimum Gasteiger partial charge on any atom is -0.423 e. The number of carbonyl (C=O) groups is 1. The third-order valence-electron chi connectivity index (χ3n) is 5.68.